The molecule has 3 heterocycles. The summed E-state index contributed by atoms with van der Waals surface area (Å²) in [7, 11) is 1.61. The average molecular weight is 447 g/mol. The second-order valence-corrected chi connectivity index (χ2v) is 9.15. The molecule has 8 nitrogen and oxygen atoms in total. The van der Waals surface area contributed by atoms with E-state index in [1.807, 2.05) is 26.8 Å². The van der Waals surface area contributed by atoms with Crippen molar-refractivity contribution in [1.29, 1.82) is 0 Å². The zero-order valence-electron chi connectivity index (χ0n) is 19.9. The van der Waals surface area contributed by atoms with Crippen LogP contribution in [-0.2, 0) is 9.47 Å². The Balaban J connectivity index is 1.62. The number of rotatable bonds is 7. The van der Waals surface area contributed by atoms with Crippen LogP contribution in [0.15, 0.2) is 28.7 Å². The third kappa shape index (κ3) is 6.67. The Morgan fingerprint density at radius 3 is 2.69 bits per heavy atom. The summed E-state index contributed by atoms with van der Waals surface area (Å²) in [6, 6.07) is 1.95. The van der Waals surface area contributed by atoms with Crippen LogP contribution >= 0.6 is 0 Å². The number of aliphatic hydroxyl groups is 1. The van der Waals surface area contributed by atoms with Gasteiger partial charge in [0.2, 0.25) is 5.88 Å². The number of aliphatic imine (C=N–C) groups is 1. The monoisotopic (exact) mass is 446 g/mol. The standard InChI is InChI=1S/C24H38N4O4/c1-17-15-19(16-26-23(17)30-4)27-21-8-13-31-12-7-20(21)22(25)32-14-11-28-9-5-18(6-10-28)24(2,3)29/h15-16,18,29H,5-14,25H2,1-4H3. The van der Waals surface area contributed by atoms with Gasteiger partial charge < -0.3 is 25.1 Å². The summed E-state index contributed by atoms with van der Waals surface area (Å²) in [6.45, 7) is 10.3. The van der Waals surface area contributed by atoms with Crippen molar-refractivity contribution in [2.75, 3.05) is 46.6 Å². The van der Waals surface area contributed by atoms with Gasteiger partial charge in [0.1, 0.15) is 6.61 Å². The van der Waals surface area contributed by atoms with Crippen molar-refractivity contribution in [3.8, 4) is 5.88 Å². The van der Waals surface area contributed by atoms with E-state index < -0.39 is 5.60 Å². The van der Waals surface area contributed by atoms with Gasteiger partial charge in [-0.1, -0.05) is 0 Å². The van der Waals surface area contributed by atoms with Crippen molar-refractivity contribution >= 4 is 11.4 Å². The van der Waals surface area contributed by atoms with Gasteiger partial charge in [0.05, 0.1) is 43.5 Å². The van der Waals surface area contributed by atoms with Crippen molar-refractivity contribution in [3.63, 3.8) is 0 Å². The molecule has 0 spiro atoms. The number of nitrogens with two attached hydrogens (primary N) is 1. The fourth-order valence-electron chi connectivity index (χ4n) is 4.34. The third-order valence-corrected chi connectivity index (χ3v) is 6.35. The topological polar surface area (TPSA) is 102 Å². The maximum Gasteiger partial charge on any atom is 0.216 e. The lowest BCUT2D eigenvalue weighted by Gasteiger charge is -2.37. The molecule has 32 heavy (non-hydrogen) atoms. The van der Waals surface area contributed by atoms with Gasteiger partial charge in [-0.05, 0) is 58.7 Å². The number of hydrogen-bond donors (Lipinski definition) is 2. The van der Waals surface area contributed by atoms with E-state index in [0.717, 1.165) is 55.0 Å². The highest BCUT2D eigenvalue weighted by atomic mass is 16.5. The number of aryl methyl sites for hydroxylation is 1. The second kappa shape index (κ2) is 11.1. The van der Waals surface area contributed by atoms with Crippen molar-refractivity contribution < 1.29 is 19.3 Å². The van der Waals surface area contributed by atoms with Crippen molar-refractivity contribution in [3.05, 3.63) is 29.3 Å². The fraction of sp³-hybridized carbons (Fsp3) is 0.667. The van der Waals surface area contributed by atoms with Gasteiger partial charge in [0.25, 0.3) is 0 Å². The SMILES string of the molecule is COc1ncc(N=C2CCOCCC2=C(N)OCCN2CCC(C(C)(C)O)CC2)cc1C. The van der Waals surface area contributed by atoms with Gasteiger partial charge in [-0.2, -0.15) is 0 Å². The molecule has 0 radical (unpaired) electrons. The molecule has 2 aliphatic rings. The Kier molecular flexibility index (Phi) is 8.51. The van der Waals surface area contributed by atoms with Gasteiger partial charge in [-0.15, -0.1) is 0 Å². The highest BCUT2D eigenvalue weighted by Gasteiger charge is 2.30. The van der Waals surface area contributed by atoms with E-state index in [0.29, 0.717) is 50.3 Å². The Bertz CT molecular complexity index is 824. The molecule has 2 fully saturated rings. The Morgan fingerprint density at radius 2 is 2.03 bits per heavy atom. The predicted molar refractivity (Wildman–Crippen MR) is 125 cm³/mol. The molecule has 3 rings (SSSR count). The van der Waals surface area contributed by atoms with Crippen molar-refractivity contribution in [2.45, 2.75) is 52.1 Å². The van der Waals surface area contributed by atoms with Gasteiger partial charge in [-0.3, -0.25) is 9.89 Å². The number of ether oxygens (including phenoxy) is 3. The summed E-state index contributed by atoms with van der Waals surface area (Å²) in [5.41, 5.74) is 9.26. The minimum Gasteiger partial charge on any atom is -0.481 e. The van der Waals surface area contributed by atoms with Crippen molar-refractivity contribution in [2.24, 2.45) is 16.6 Å². The molecule has 0 atom stereocenters. The van der Waals surface area contributed by atoms with Crippen LogP contribution < -0.4 is 10.5 Å². The molecule has 0 saturated carbocycles. The van der Waals surface area contributed by atoms with Crippen molar-refractivity contribution in [1.82, 2.24) is 9.88 Å². The number of pyridine rings is 1. The van der Waals surface area contributed by atoms with E-state index in [2.05, 4.69) is 9.88 Å². The predicted octanol–water partition coefficient (Wildman–Crippen LogP) is 2.95. The van der Waals surface area contributed by atoms with Crippen LogP contribution in [0.4, 0.5) is 5.69 Å². The van der Waals surface area contributed by atoms with Gasteiger partial charge in [-0.25, -0.2) is 4.98 Å². The lowest BCUT2D eigenvalue weighted by Crippen LogP contribution is -2.42. The fourth-order valence-corrected chi connectivity index (χ4v) is 4.34. The zero-order valence-corrected chi connectivity index (χ0v) is 19.9. The van der Waals surface area contributed by atoms with Gasteiger partial charge in [0, 0.05) is 30.5 Å². The quantitative estimate of drug-likeness (QED) is 0.621. The molecule has 8 heteroatoms. The molecule has 0 unspecified atom stereocenters. The molecular weight excluding hydrogens is 408 g/mol. The highest BCUT2D eigenvalue weighted by Crippen LogP contribution is 2.28. The molecule has 178 valence electrons. The van der Waals surface area contributed by atoms with Crippen LogP contribution in [0.1, 0.15) is 45.1 Å². The normalized spacial score (nSPS) is 22.0. The van der Waals surface area contributed by atoms with E-state index in [1.54, 1.807) is 13.3 Å². The molecule has 0 aromatic carbocycles. The number of hydrogen-bond acceptors (Lipinski definition) is 8. The van der Waals surface area contributed by atoms with Crippen LogP contribution in [0.2, 0.25) is 0 Å². The average Bonchev–Trinajstić information content (AvgIpc) is 2.99. The molecule has 0 amide bonds. The molecule has 3 N–H and O–H groups in total. The number of methoxy groups -OCH3 is 1. The first-order valence-electron chi connectivity index (χ1n) is 11.5. The first-order valence-corrected chi connectivity index (χ1v) is 11.5. The Hall–Kier alpha value is -2.16. The lowest BCUT2D eigenvalue weighted by molar-refractivity contribution is -0.0147. The van der Waals surface area contributed by atoms with Crippen LogP contribution in [0.3, 0.4) is 0 Å². The Morgan fingerprint density at radius 1 is 1.31 bits per heavy atom. The van der Waals surface area contributed by atoms with Crippen LogP contribution in [0, 0.1) is 12.8 Å². The third-order valence-electron chi connectivity index (χ3n) is 6.35. The van der Waals surface area contributed by atoms with Crippen LogP contribution in [0.25, 0.3) is 0 Å². The first kappa shape index (κ1) is 24.5. The number of piperidine rings is 1. The van der Waals surface area contributed by atoms with E-state index >= 15 is 0 Å². The number of aromatic nitrogens is 1. The lowest BCUT2D eigenvalue weighted by atomic mass is 9.83. The maximum absolute atomic E-state index is 10.2. The minimum atomic E-state index is -0.604. The van der Waals surface area contributed by atoms with E-state index in [-0.39, 0.29) is 0 Å². The maximum atomic E-state index is 10.2. The van der Waals surface area contributed by atoms with Crippen LogP contribution in [0.5, 0.6) is 5.88 Å². The number of likely N-dealkylation sites (tertiary alicyclic amines) is 1. The van der Waals surface area contributed by atoms with E-state index in [9.17, 15) is 5.11 Å². The molecule has 0 aliphatic carbocycles. The summed E-state index contributed by atoms with van der Waals surface area (Å²) in [5.74, 6) is 1.38. The van der Waals surface area contributed by atoms with Gasteiger partial charge in [0.15, 0.2) is 5.88 Å². The summed E-state index contributed by atoms with van der Waals surface area (Å²) < 4.78 is 16.8. The summed E-state index contributed by atoms with van der Waals surface area (Å²) in [4.78, 5) is 11.5. The zero-order chi connectivity index (χ0) is 23.1. The second-order valence-electron chi connectivity index (χ2n) is 9.15. The molecule has 0 bridgehead atoms. The molecular formula is C24H38N4O4. The Labute approximate surface area is 191 Å². The smallest absolute Gasteiger partial charge is 0.216 e. The first-order chi connectivity index (χ1) is 15.3. The van der Waals surface area contributed by atoms with Gasteiger partial charge >= 0.3 is 0 Å². The summed E-state index contributed by atoms with van der Waals surface area (Å²) in [6.07, 6.45) is 5.06. The minimum absolute atomic E-state index is 0.354. The highest BCUT2D eigenvalue weighted by molar-refractivity contribution is 6.02. The molecule has 1 aromatic rings. The van der Waals surface area contributed by atoms with E-state index in [4.69, 9.17) is 24.9 Å². The molecule has 1 aromatic heterocycles. The summed E-state index contributed by atoms with van der Waals surface area (Å²) >= 11 is 0. The number of nitrogens with zero attached hydrogens (tertiary/aromatic N) is 3. The van der Waals surface area contributed by atoms with E-state index in [1.165, 1.54) is 0 Å². The largest absolute Gasteiger partial charge is 0.481 e. The molecule has 2 aliphatic heterocycles. The van der Waals surface area contributed by atoms with Crippen LogP contribution in [-0.4, -0.2) is 72.9 Å². The molecule has 2 saturated heterocycles. The summed E-state index contributed by atoms with van der Waals surface area (Å²) in [5, 5.41) is 10.2.